The first kappa shape index (κ1) is 103. The predicted octanol–water partition coefficient (Wildman–Crippen LogP) is 25.7. The smallest absolute Gasteiger partial charge is 0.463 e. The van der Waals surface area contributed by atoms with Crippen LogP contribution in [0.2, 0.25) is 0 Å². The molecule has 0 saturated carbocycles. The molecule has 5 unspecified atom stereocenters. The van der Waals surface area contributed by atoms with Gasteiger partial charge in [0.05, 0.1) is 26.4 Å². The van der Waals surface area contributed by atoms with Crippen molar-refractivity contribution >= 4 is 33.6 Å². The Balaban J connectivity index is 4.44. The number of aliphatic hydroxyl groups is 2. The molecule has 18 heteroatoms. The summed E-state index contributed by atoms with van der Waals surface area (Å²) in [6, 6.07) is 0. The van der Waals surface area contributed by atoms with E-state index >= 15 is 0 Å². The fourth-order valence-electron chi connectivity index (χ4n) is 11.6. The fourth-order valence-corrected chi connectivity index (χ4v) is 13.2. The third-order valence-electron chi connectivity index (χ3n) is 18.1. The molecule has 5 atom stereocenters. The molecule has 0 fully saturated rings. The molecule has 0 aromatic rings. The van der Waals surface area contributed by atoms with Crippen molar-refractivity contribution in [2.75, 3.05) is 39.6 Å². The number of phosphoric ester groups is 2. The molecule has 0 aromatic carbocycles. The van der Waals surface area contributed by atoms with E-state index in [-0.39, 0.29) is 19.3 Å². The van der Waals surface area contributed by atoms with Crippen molar-refractivity contribution in [3.63, 3.8) is 0 Å². The number of phosphoric acid groups is 2. The highest BCUT2D eigenvalue weighted by atomic mass is 31.2. The second kappa shape index (κ2) is 81.4. The van der Waals surface area contributed by atoms with Crippen molar-refractivity contribution in [1.82, 2.24) is 0 Å². The number of esters is 3. The molecular formula is C89H156O16P2. The van der Waals surface area contributed by atoms with Gasteiger partial charge in [-0.1, -0.05) is 335 Å². The van der Waals surface area contributed by atoms with E-state index in [2.05, 4.69) is 142 Å². The van der Waals surface area contributed by atoms with Crippen LogP contribution < -0.4 is 0 Å². The quantitative estimate of drug-likeness (QED) is 0.0146. The Morgan fingerprint density at radius 1 is 0.271 bits per heavy atom. The van der Waals surface area contributed by atoms with Crippen molar-refractivity contribution < 1.29 is 75.8 Å². The van der Waals surface area contributed by atoms with Gasteiger partial charge >= 0.3 is 33.6 Å². The molecule has 0 bridgehead atoms. The van der Waals surface area contributed by atoms with Crippen LogP contribution in [0.25, 0.3) is 0 Å². The molecule has 0 aliphatic carbocycles. The first-order valence-corrected chi connectivity index (χ1v) is 45.8. The molecule has 618 valence electrons. The van der Waals surface area contributed by atoms with Gasteiger partial charge in [-0.15, -0.1) is 0 Å². The average Bonchev–Trinajstić information content (AvgIpc) is 1.06. The van der Waals surface area contributed by atoms with E-state index in [4.69, 9.17) is 32.3 Å². The lowest BCUT2D eigenvalue weighted by Gasteiger charge is -2.21. The van der Waals surface area contributed by atoms with Gasteiger partial charge in [-0.05, 0) is 135 Å². The maximum Gasteiger partial charge on any atom is 0.472 e. The largest absolute Gasteiger partial charge is 0.472 e. The first-order chi connectivity index (χ1) is 52.2. The van der Waals surface area contributed by atoms with Gasteiger partial charge in [0, 0.05) is 19.3 Å². The lowest BCUT2D eigenvalue weighted by molar-refractivity contribution is -0.161. The Kier molecular flexibility index (Phi) is 78.4. The van der Waals surface area contributed by atoms with Gasteiger partial charge in [0.25, 0.3) is 0 Å². The summed E-state index contributed by atoms with van der Waals surface area (Å²) in [4.78, 5) is 58.7. The normalized spacial score (nSPS) is 14.5. The lowest BCUT2D eigenvalue weighted by Crippen LogP contribution is -2.30. The fraction of sp³-hybridized carbons (Fsp3) is 0.742. The van der Waals surface area contributed by atoms with Gasteiger partial charge in [-0.3, -0.25) is 32.5 Å². The van der Waals surface area contributed by atoms with Gasteiger partial charge in [0.2, 0.25) is 0 Å². The SMILES string of the molecule is CC/C=C\C/C=C\C/C=C\C/C=C\C/C=C\CCCCCCCCCCCCCCCCCC(=O)OCC(O)COP(=O)(O)OCC(O)COP(=O)(O)OCC(COC(=O)CCCCCCCCCCCCC/C=C\C/C=C\C/C=C\C/C=C\CCCCC)OC(=O)CCCCCCC/C=C\CCCCCC. The third-order valence-corrected chi connectivity index (χ3v) is 20.0. The maximum atomic E-state index is 13.0. The highest BCUT2D eigenvalue weighted by Crippen LogP contribution is 2.45. The first-order valence-electron chi connectivity index (χ1n) is 42.8. The molecule has 0 amide bonds. The minimum atomic E-state index is -4.93. The number of carbonyl (C=O) groups excluding carboxylic acids is 3. The van der Waals surface area contributed by atoms with Crippen LogP contribution in [0.15, 0.2) is 122 Å². The van der Waals surface area contributed by atoms with Crippen LogP contribution in [0.3, 0.4) is 0 Å². The zero-order valence-corrected chi connectivity index (χ0v) is 69.6. The van der Waals surface area contributed by atoms with Crippen LogP contribution in [-0.2, 0) is 55.8 Å². The predicted molar refractivity (Wildman–Crippen MR) is 445 cm³/mol. The molecule has 0 aliphatic heterocycles. The van der Waals surface area contributed by atoms with Crippen LogP contribution in [-0.4, -0.2) is 95.9 Å². The highest BCUT2D eigenvalue weighted by molar-refractivity contribution is 7.47. The number of rotatable bonds is 81. The van der Waals surface area contributed by atoms with Gasteiger partial charge in [0.15, 0.2) is 6.10 Å². The van der Waals surface area contributed by atoms with E-state index in [9.17, 15) is 43.5 Å². The van der Waals surface area contributed by atoms with Crippen LogP contribution in [0.5, 0.6) is 0 Å². The Morgan fingerprint density at radius 3 is 0.813 bits per heavy atom. The number of hydrogen-bond donors (Lipinski definition) is 4. The van der Waals surface area contributed by atoms with Crippen LogP contribution in [0.4, 0.5) is 0 Å². The molecule has 0 aromatic heterocycles. The van der Waals surface area contributed by atoms with E-state index in [1.807, 2.05) is 0 Å². The molecule has 4 N–H and O–H groups in total. The summed E-state index contributed by atoms with van der Waals surface area (Å²) in [6.07, 6.45) is 98.3. The monoisotopic (exact) mass is 1540 g/mol. The number of aliphatic hydroxyl groups excluding tert-OH is 2. The Hall–Kier alpha value is -4.05. The highest BCUT2D eigenvalue weighted by Gasteiger charge is 2.29. The Labute approximate surface area is 653 Å². The zero-order valence-electron chi connectivity index (χ0n) is 67.8. The summed E-state index contributed by atoms with van der Waals surface area (Å²) in [5.74, 6) is -1.58. The molecule has 107 heavy (non-hydrogen) atoms. The topological polar surface area (TPSA) is 231 Å². The molecule has 0 spiro atoms. The van der Waals surface area contributed by atoms with E-state index in [1.165, 1.54) is 167 Å². The summed E-state index contributed by atoms with van der Waals surface area (Å²) >= 11 is 0. The maximum absolute atomic E-state index is 13.0. The summed E-state index contributed by atoms with van der Waals surface area (Å²) in [5.41, 5.74) is 0. The van der Waals surface area contributed by atoms with E-state index in [0.717, 1.165) is 141 Å². The standard InChI is InChI=1S/C89H156O16P2/c1-4-7-10-13-16-19-22-25-27-29-31-33-35-37-39-40-41-42-44-46-47-49-51-53-55-58-60-63-66-69-72-75-87(92)99-78-84(90)79-101-106(95,96)102-80-85(91)81-103-107(97,98)104-83-86(105-89(94)77-74-71-68-65-62-57-24-21-18-15-12-9-6-3)82-100-88(93)76-73-70-67-64-61-59-56-54-52-50-48-45-43-38-36-34-32-30-28-26-23-20-17-14-11-8-5-2/h7,10,16-17,19-21,24-28,31-34,37-39,43,84-86,90-91H,4-6,8-9,11-15,18,22-23,29-30,35-36,40-42,44-83H2,1-3H3,(H,95,96)(H,97,98)/b10-7-,19-16-,20-17-,24-21-,27-25-,28-26-,33-31-,34-32-,39-37-,43-38-. The number of unbranched alkanes of at least 4 members (excludes halogenated alkanes) is 38. The molecular weight excluding hydrogens is 1390 g/mol. The minimum absolute atomic E-state index is 0.0941. The Morgan fingerprint density at radius 2 is 0.495 bits per heavy atom. The molecule has 0 aliphatic rings. The lowest BCUT2D eigenvalue weighted by atomic mass is 10.0. The van der Waals surface area contributed by atoms with E-state index in [1.54, 1.807) is 0 Å². The second-order valence-electron chi connectivity index (χ2n) is 28.6. The minimum Gasteiger partial charge on any atom is -0.463 e. The molecule has 16 nitrogen and oxygen atoms in total. The second-order valence-corrected chi connectivity index (χ2v) is 31.5. The zero-order chi connectivity index (χ0) is 78.0. The summed E-state index contributed by atoms with van der Waals surface area (Å²) in [6.45, 7) is 2.55. The summed E-state index contributed by atoms with van der Waals surface area (Å²) < 4.78 is 61.2. The van der Waals surface area contributed by atoms with E-state index in [0.29, 0.717) is 19.3 Å². The molecule has 0 saturated heterocycles. The van der Waals surface area contributed by atoms with Gasteiger partial charge in [-0.2, -0.15) is 0 Å². The average molecular weight is 1540 g/mol. The van der Waals surface area contributed by atoms with Crippen molar-refractivity contribution in [2.45, 2.75) is 386 Å². The molecule has 0 rings (SSSR count). The van der Waals surface area contributed by atoms with Crippen molar-refractivity contribution in [3.8, 4) is 0 Å². The van der Waals surface area contributed by atoms with Crippen LogP contribution >= 0.6 is 15.6 Å². The third kappa shape index (κ3) is 82.7. The number of ether oxygens (including phenoxy) is 3. The van der Waals surface area contributed by atoms with Crippen molar-refractivity contribution in [2.24, 2.45) is 0 Å². The van der Waals surface area contributed by atoms with Crippen LogP contribution in [0, 0.1) is 0 Å². The number of allylic oxidation sites excluding steroid dienone is 20. The van der Waals surface area contributed by atoms with Gasteiger partial charge in [0.1, 0.15) is 25.4 Å². The molecule has 0 heterocycles. The number of carbonyl (C=O) groups is 3. The number of hydrogen-bond acceptors (Lipinski definition) is 14. The Bertz CT molecular complexity index is 2430. The van der Waals surface area contributed by atoms with Crippen molar-refractivity contribution in [3.05, 3.63) is 122 Å². The van der Waals surface area contributed by atoms with Crippen molar-refractivity contribution in [1.29, 1.82) is 0 Å². The van der Waals surface area contributed by atoms with Crippen LogP contribution in [0.1, 0.15) is 367 Å². The van der Waals surface area contributed by atoms with E-state index < -0.39 is 91.5 Å². The van der Waals surface area contributed by atoms with Gasteiger partial charge < -0.3 is 34.2 Å². The summed E-state index contributed by atoms with van der Waals surface area (Å²) in [7, 11) is -9.79. The summed E-state index contributed by atoms with van der Waals surface area (Å²) in [5, 5.41) is 20.7. The molecule has 0 radical (unpaired) electrons. The van der Waals surface area contributed by atoms with Gasteiger partial charge in [-0.25, -0.2) is 9.13 Å².